The normalized spacial score (nSPS) is 10.9. The van der Waals surface area contributed by atoms with Crippen molar-refractivity contribution in [2.75, 3.05) is 13.6 Å². The molecule has 5 nitrogen and oxygen atoms in total. The Labute approximate surface area is 196 Å². The minimum absolute atomic E-state index is 0. The molecule has 3 aromatic rings. The number of pyridine rings is 1. The molecule has 6 heteroatoms. The van der Waals surface area contributed by atoms with Gasteiger partial charge in [-0.1, -0.05) is 60.7 Å². The minimum atomic E-state index is 0. The van der Waals surface area contributed by atoms with Gasteiger partial charge in [-0.3, -0.25) is 9.98 Å². The van der Waals surface area contributed by atoms with Gasteiger partial charge >= 0.3 is 0 Å². The molecule has 0 unspecified atom stereocenters. The maximum Gasteiger partial charge on any atom is 0.191 e. The van der Waals surface area contributed by atoms with Crippen LogP contribution < -0.4 is 10.6 Å². The lowest BCUT2D eigenvalue weighted by Crippen LogP contribution is -2.37. The number of hydrogen-bond donors (Lipinski definition) is 2. The van der Waals surface area contributed by atoms with Gasteiger partial charge in [-0.25, -0.2) is 0 Å². The molecule has 0 aliphatic rings. The molecule has 0 aliphatic carbocycles. The van der Waals surface area contributed by atoms with Crippen LogP contribution in [0.1, 0.15) is 22.4 Å². The zero-order valence-electron chi connectivity index (χ0n) is 17.3. The summed E-state index contributed by atoms with van der Waals surface area (Å²) in [4.78, 5) is 8.61. The molecule has 1 heterocycles. The molecular weight excluding hydrogens is 487 g/mol. The Hall–Kier alpha value is -2.45. The van der Waals surface area contributed by atoms with E-state index in [1.807, 2.05) is 42.6 Å². The smallest absolute Gasteiger partial charge is 0.191 e. The van der Waals surface area contributed by atoms with Crippen LogP contribution in [0.4, 0.5) is 0 Å². The molecular formula is C24H29IN4O. The van der Waals surface area contributed by atoms with Crippen molar-refractivity contribution in [3.8, 4) is 0 Å². The lowest BCUT2D eigenvalue weighted by atomic mass is 10.1. The van der Waals surface area contributed by atoms with Crippen LogP contribution in [-0.2, 0) is 30.9 Å². The Morgan fingerprint density at radius 3 is 2.17 bits per heavy atom. The SMILES string of the molecule is CN=C(NCCc1ccccn1)NCc1ccc(COCc2ccccc2)cc1.I. The van der Waals surface area contributed by atoms with Gasteiger partial charge in [0.05, 0.1) is 13.2 Å². The van der Waals surface area contributed by atoms with Crippen LogP contribution in [0.25, 0.3) is 0 Å². The van der Waals surface area contributed by atoms with E-state index in [4.69, 9.17) is 4.74 Å². The van der Waals surface area contributed by atoms with Crippen LogP contribution in [-0.4, -0.2) is 24.5 Å². The summed E-state index contributed by atoms with van der Waals surface area (Å²) in [5, 5.41) is 6.67. The quantitative estimate of drug-likeness (QED) is 0.253. The maximum atomic E-state index is 5.79. The molecule has 0 saturated carbocycles. The molecule has 3 rings (SSSR count). The van der Waals surface area contributed by atoms with E-state index in [0.717, 1.165) is 24.6 Å². The largest absolute Gasteiger partial charge is 0.372 e. The minimum Gasteiger partial charge on any atom is -0.372 e. The summed E-state index contributed by atoms with van der Waals surface area (Å²) in [7, 11) is 1.78. The van der Waals surface area contributed by atoms with Crippen molar-refractivity contribution in [3.63, 3.8) is 0 Å². The number of hydrogen-bond acceptors (Lipinski definition) is 3. The fourth-order valence-electron chi connectivity index (χ4n) is 2.88. The highest BCUT2D eigenvalue weighted by Crippen LogP contribution is 2.08. The highest BCUT2D eigenvalue weighted by molar-refractivity contribution is 14.0. The molecule has 0 spiro atoms. The van der Waals surface area contributed by atoms with Gasteiger partial charge in [0.25, 0.3) is 0 Å². The van der Waals surface area contributed by atoms with Crippen molar-refractivity contribution in [2.45, 2.75) is 26.2 Å². The van der Waals surface area contributed by atoms with Crippen molar-refractivity contribution < 1.29 is 4.74 Å². The summed E-state index contributed by atoms with van der Waals surface area (Å²) in [6, 6.07) is 24.7. The predicted octanol–water partition coefficient (Wildman–Crippen LogP) is 4.32. The van der Waals surface area contributed by atoms with Crippen molar-refractivity contribution in [1.82, 2.24) is 15.6 Å². The third-order valence-electron chi connectivity index (χ3n) is 4.49. The number of guanidine groups is 1. The first-order valence-corrected chi connectivity index (χ1v) is 9.87. The van der Waals surface area contributed by atoms with Crippen LogP contribution >= 0.6 is 24.0 Å². The first-order valence-electron chi connectivity index (χ1n) is 9.87. The summed E-state index contributed by atoms with van der Waals surface area (Å²) in [6.45, 7) is 2.74. The Morgan fingerprint density at radius 2 is 1.50 bits per heavy atom. The summed E-state index contributed by atoms with van der Waals surface area (Å²) in [5.41, 5.74) is 4.63. The molecule has 2 N–H and O–H groups in total. The van der Waals surface area contributed by atoms with Gasteiger partial charge in [-0.15, -0.1) is 24.0 Å². The van der Waals surface area contributed by atoms with E-state index >= 15 is 0 Å². The average Bonchev–Trinajstić information content (AvgIpc) is 2.78. The fraction of sp³-hybridized carbons (Fsp3) is 0.250. The van der Waals surface area contributed by atoms with Gasteiger partial charge in [-0.05, 0) is 28.8 Å². The van der Waals surface area contributed by atoms with E-state index < -0.39 is 0 Å². The van der Waals surface area contributed by atoms with Gasteiger partial charge < -0.3 is 15.4 Å². The Morgan fingerprint density at radius 1 is 0.833 bits per heavy atom. The first kappa shape index (κ1) is 23.8. The van der Waals surface area contributed by atoms with Gasteiger partial charge in [0.2, 0.25) is 0 Å². The first-order chi connectivity index (χ1) is 14.3. The highest BCUT2D eigenvalue weighted by Gasteiger charge is 2.00. The van der Waals surface area contributed by atoms with Crippen molar-refractivity contribution in [1.29, 1.82) is 0 Å². The van der Waals surface area contributed by atoms with Crippen LogP contribution in [0.2, 0.25) is 0 Å². The van der Waals surface area contributed by atoms with Crippen LogP contribution in [0.15, 0.2) is 84.0 Å². The Kier molecular flexibility index (Phi) is 10.9. The molecule has 0 radical (unpaired) electrons. The summed E-state index contributed by atoms with van der Waals surface area (Å²) < 4.78 is 5.79. The van der Waals surface area contributed by atoms with E-state index in [9.17, 15) is 0 Å². The average molecular weight is 516 g/mol. The molecule has 0 fully saturated rings. The zero-order chi connectivity index (χ0) is 20.2. The van der Waals surface area contributed by atoms with E-state index in [2.05, 4.69) is 57.0 Å². The number of nitrogens with zero attached hydrogens (tertiary/aromatic N) is 2. The lowest BCUT2D eigenvalue weighted by molar-refractivity contribution is 0.107. The maximum absolute atomic E-state index is 5.79. The molecule has 0 saturated heterocycles. The number of ether oxygens (including phenoxy) is 1. The highest BCUT2D eigenvalue weighted by atomic mass is 127. The van der Waals surface area contributed by atoms with Gasteiger partial charge in [0.15, 0.2) is 5.96 Å². The number of nitrogens with one attached hydrogen (secondary N) is 2. The molecule has 0 bridgehead atoms. The van der Waals surface area contributed by atoms with Gasteiger partial charge in [-0.2, -0.15) is 0 Å². The second-order valence-corrected chi connectivity index (χ2v) is 6.72. The monoisotopic (exact) mass is 516 g/mol. The van der Waals surface area contributed by atoms with E-state index in [0.29, 0.717) is 19.8 Å². The van der Waals surface area contributed by atoms with Crippen molar-refractivity contribution in [3.05, 3.63) is 101 Å². The van der Waals surface area contributed by atoms with Gasteiger partial charge in [0.1, 0.15) is 0 Å². The third-order valence-corrected chi connectivity index (χ3v) is 4.49. The summed E-state index contributed by atoms with van der Waals surface area (Å²) in [6.07, 6.45) is 2.68. The van der Waals surface area contributed by atoms with Crippen LogP contribution in [0.5, 0.6) is 0 Å². The number of benzene rings is 2. The second kappa shape index (κ2) is 13.7. The number of aliphatic imine (C=N–C) groups is 1. The van der Waals surface area contributed by atoms with Crippen LogP contribution in [0.3, 0.4) is 0 Å². The molecule has 0 aliphatic heterocycles. The predicted molar refractivity (Wildman–Crippen MR) is 133 cm³/mol. The molecule has 0 amide bonds. The standard InChI is InChI=1S/C24H28N4O.HI/c1-25-24(27-16-14-23-9-5-6-15-26-23)28-17-20-10-12-22(13-11-20)19-29-18-21-7-3-2-4-8-21;/h2-13,15H,14,16-19H2,1H3,(H2,25,27,28);1H. The molecule has 30 heavy (non-hydrogen) atoms. The summed E-state index contributed by atoms with van der Waals surface area (Å²) in [5.74, 6) is 0.788. The molecule has 0 atom stereocenters. The fourth-order valence-corrected chi connectivity index (χ4v) is 2.88. The van der Waals surface area contributed by atoms with Crippen LogP contribution in [0, 0.1) is 0 Å². The number of halogens is 1. The Bertz CT molecular complexity index is 871. The van der Waals surface area contributed by atoms with E-state index in [1.165, 1.54) is 16.7 Å². The zero-order valence-corrected chi connectivity index (χ0v) is 19.6. The van der Waals surface area contributed by atoms with Crippen molar-refractivity contribution in [2.24, 2.45) is 4.99 Å². The second-order valence-electron chi connectivity index (χ2n) is 6.72. The molecule has 1 aromatic heterocycles. The molecule has 158 valence electrons. The van der Waals surface area contributed by atoms with Gasteiger partial charge in [0, 0.05) is 38.4 Å². The number of rotatable bonds is 9. The van der Waals surface area contributed by atoms with E-state index in [1.54, 1.807) is 7.05 Å². The topological polar surface area (TPSA) is 58.5 Å². The third kappa shape index (κ3) is 8.51. The lowest BCUT2D eigenvalue weighted by Gasteiger charge is -2.12. The van der Waals surface area contributed by atoms with Crippen molar-refractivity contribution >= 4 is 29.9 Å². The summed E-state index contributed by atoms with van der Waals surface area (Å²) >= 11 is 0. The van der Waals surface area contributed by atoms with E-state index in [-0.39, 0.29) is 24.0 Å². The molecule has 2 aromatic carbocycles. The Balaban J connectivity index is 0.00000320. The number of aromatic nitrogens is 1.